The molecule has 1 saturated heterocycles. The minimum absolute atomic E-state index is 0.0432. The average Bonchev–Trinajstić information content (AvgIpc) is 3.49. The Hall–Kier alpha value is -2.77. The summed E-state index contributed by atoms with van der Waals surface area (Å²) in [5, 5.41) is 3.19. The van der Waals surface area contributed by atoms with Crippen molar-refractivity contribution in [2.24, 2.45) is 0 Å². The van der Waals surface area contributed by atoms with E-state index in [2.05, 4.69) is 32.8 Å². The molecule has 2 aromatic heterocycles. The van der Waals surface area contributed by atoms with Crippen LogP contribution in [0.1, 0.15) is 33.9 Å². The number of nitrogens with zero attached hydrogens (tertiary/aromatic N) is 5. The molecule has 7 heteroatoms. The van der Waals surface area contributed by atoms with Crippen molar-refractivity contribution in [1.82, 2.24) is 14.9 Å². The fourth-order valence-electron chi connectivity index (χ4n) is 4.43. The molecule has 1 amide bonds. The lowest BCUT2D eigenvalue weighted by Crippen LogP contribution is -2.48. The maximum Gasteiger partial charge on any atom is 0.262 e. The van der Waals surface area contributed by atoms with Gasteiger partial charge >= 0.3 is 0 Å². The standard InChI is InChI=1S/C23H25N5OS/c1-17(22-25-10-16-30-22)26-12-14-27(15-13-26)21-19(6-4-9-24-21)23(29)28-11-8-18-5-2-3-7-20(18)28/h2-7,9-10,16-17H,8,11-15H2,1H3. The molecule has 1 atom stereocenters. The Bertz CT molecular complexity index is 1030. The fourth-order valence-corrected chi connectivity index (χ4v) is 5.16. The van der Waals surface area contributed by atoms with Crippen LogP contribution in [0.4, 0.5) is 11.5 Å². The van der Waals surface area contributed by atoms with Crippen molar-refractivity contribution in [3.63, 3.8) is 0 Å². The molecule has 1 fully saturated rings. The van der Waals surface area contributed by atoms with Gasteiger partial charge in [-0.3, -0.25) is 9.69 Å². The molecule has 0 radical (unpaired) electrons. The van der Waals surface area contributed by atoms with Gasteiger partial charge < -0.3 is 9.80 Å². The van der Waals surface area contributed by atoms with E-state index in [1.807, 2.05) is 46.8 Å². The fraction of sp³-hybridized carbons (Fsp3) is 0.348. The highest BCUT2D eigenvalue weighted by Crippen LogP contribution is 2.31. The summed E-state index contributed by atoms with van der Waals surface area (Å²) in [4.78, 5) is 29.1. The smallest absolute Gasteiger partial charge is 0.262 e. The van der Waals surface area contributed by atoms with E-state index in [-0.39, 0.29) is 5.91 Å². The van der Waals surface area contributed by atoms with Crippen molar-refractivity contribution in [3.8, 4) is 0 Å². The van der Waals surface area contributed by atoms with E-state index in [0.717, 1.165) is 55.7 Å². The van der Waals surface area contributed by atoms with Crippen molar-refractivity contribution < 1.29 is 4.79 Å². The highest BCUT2D eigenvalue weighted by Gasteiger charge is 2.30. The summed E-state index contributed by atoms with van der Waals surface area (Å²) in [6, 6.07) is 12.3. The van der Waals surface area contributed by atoms with Crippen LogP contribution in [0.3, 0.4) is 0 Å². The highest BCUT2D eigenvalue weighted by molar-refractivity contribution is 7.09. The summed E-state index contributed by atoms with van der Waals surface area (Å²) < 4.78 is 0. The molecule has 154 valence electrons. The van der Waals surface area contributed by atoms with E-state index in [1.165, 1.54) is 5.56 Å². The number of piperazine rings is 1. The molecule has 2 aliphatic rings. The number of benzene rings is 1. The number of pyridine rings is 1. The van der Waals surface area contributed by atoms with Crippen molar-refractivity contribution in [3.05, 3.63) is 70.3 Å². The monoisotopic (exact) mass is 419 g/mol. The van der Waals surface area contributed by atoms with Gasteiger partial charge in [-0.2, -0.15) is 0 Å². The molecule has 1 unspecified atom stereocenters. The van der Waals surface area contributed by atoms with Crippen LogP contribution in [0.15, 0.2) is 54.2 Å². The van der Waals surface area contributed by atoms with Gasteiger partial charge in [0.05, 0.1) is 11.6 Å². The van der Waals surface area contributed by atoms with Gasteiger partial charge in [-0.15, -0.1) is 11.3 Å². The Labute approximate surface area is 180 Å². The third kappa shape index (κ3) is 3.48. The molecule has 0 bridgehead atoms. The molecule has 0 saturated carbocycles. The lowest BCUT2D eigenvalue weighted by atomic mass is 10.1. The third-order valence-electron chi connectivity index (χ3n) is 6.12. The second-order valence-electron chi connectivity index (χ2n) is 7.78. The maximum atomic E-state index is 13.4. The largest absolute Gasteiger partial charge is 0.353 e. The number of thiazole rings is 1. The van der Waals surface area contributed by atoms with Crippen molar-refractivity contribution >= 4 is 28.7 Å². The first-order chi connectivity index (χ1) is 14.7. The molecule has 4 heterocycles. The normalized spacial score (nSPS) is 17.8. The second-order valence-corrected chi connectivity index (χ2v) is 8.71. The van der Waals surface area contributed by atoms with E-state index in [4.69, 9.17) is 0 Å². The van der Waals surface area contributed by atoms with E-state index in [9.17, 15) is 4.79 Å². The number of para-hydroxylation sites is 1. The van der Waals surface area contributed by atoms with Gasteiger partial charge in [-0.1, -0.05) is 18.2 Å². The van der Waals surface area contributed by atoms with Crippen molar-refractivity contribution in [1.29, 1.82) is 0 Å². The molecular weight excluding hydrogens is 394 g/mol. The lowest BCUT2D eigenvalue weighted by Gasteiger charge is -2.38. The quantitative estimate of drug-likeness (QED) is 0.646. The number of hydrogen-bond acceptors (Lipinski definition) is 6. The zero-order chi connectivity index (χ0) is 20.5. The maximum absolute atomic E-state index is 13.4. The molecule has 0 spiro atoms. The molecule has 30 heavy (non-hydrogen) atoms. The minimum Gasteiger partial charge on any atom is -0.353 e. The van der Waals surface area contributed by atoms with Gasteiger partial charge in [0, 0.05) is 56.2 Å². The zero-order valence-corrected chi connectivity index (χ0v) is 17.9. The van der Waals surface area contributed by atoms with Gasteiger partial charge in [0.2, 0.25) is 0 Å². The predicted octanol–water partition coefficient (Wildman–Crippen LogP) is 3.62. The van der Waals surface area contributed by atoms with Crippen LogP contribution in [0.25, 0.3) is 0 Å². The molecule has 3 aromatic rings. The number of fused-ring (bicyclic) bond motifs is 1. The molecule has 6 nitrogen and oxygen atoms in total. The van der Waals surface area contributed by atoms with Crippen LogP contribution < -0.4 is 9.80 Å². The van der Waals surface area contributed by atoms with Gasteiger partial charge in [-0.05, 0) is 37.1 Å². The number of rotatable bonds is 4. The predicted molar refractivity (Wildman–Crippen MR) is 120 cm³/mol. The van der Waals surface area contributed by atoms with Gasteiger partial charge in [0.15, 0.2) is 0 Å². The van der Waals surface area contributed by atoms with Crippen molar-refractivity contribution in [2.75, 3.05) is 42.5 Å². The van der Waals surface area contributed by atoms with Crippen LogP contribution in [0.5, 0.6) is 0 Å². The Morgan fingerprint density at radius 3 is 2.63 bits per heavy atom. The van der Waals surface area contributed by atoms with Crippen LogP contribution in [0, 0.1) is 0 Å². The van der Waals surface area contributed by atoms with Gasteiger partial charge in [0.25, 0.3) is 5.91 Å². The molecule has 0 aliphatic carbocycles. The number of anilines is 2. The first-order valence-electron chi connectivity index (χ1n) is 10.5. The Kier molecular flexibility index (Phi) is 5.23. The molecule has 5 rings (SSSR count). The first-order valence-corrected chi connectivity index (χ1v) is 11.3. The molecular formula is C23H25N5OS. The summed E-state index contributed by atoms with van der Waals surface area (Å²) in [7, 11) is 0. The van der Waals surface area contributed by atoms with Crippen LogP contribution in [-0.4, -0.2) is 53.5 Å². The van der Waals surface area contributed by atoms with Crippen molar-refractivity contribution in [2.45, 2.75) is 19.4 Å². The molecule has 2 aliphatic heterocycles. The number of amides is 1. The van der Waals surface area contributed by atoms with Gasteiger partial charge in [0.1, 0.15) is 10.8 Å². The second kappa shape index (κ2) is 8.16. The third-order valence-corrected chi connectivity index (χ3v) is 7.07. The van der Waals surface area contributed by atoms with Crippen LogP contribution in [0.2, 0.25) is 0 Å². The SMILES string of the molecule is CC(c1nccs1)N1CCN(c2ncccc2C(=O)N2CCc3ccccc32)CC1. The Balaban J connectivity index is 1.33. The molecule has 0 N–H and O–H groups in total. The zero-order valence-electron chi connectivity index (χ0n) is 17.1. The van der Waals surface area contributed by atoms with Gasteiger partial charge in [-0.25, -0.2) is 9.97 Å². The summed E-state index contributed by atoms with van der Waals surface area (Å²) in [6.45, 7) is 6.50. The topological polar surface area (TPSA) is 52.6 Å². The lowest BCUT2D eigenvalue weighted by molar-refractivity contribution is 0.0989. The summed E-state index contributed by atoms with van der Waals surface area (Å²) in [6.07, 6.45) is 4.56. The number of carbonyl (C=O) groups excluding carboxylic acids is 1. The average molecular weight is 420 g/mol. The van der Waals surface area contributed by atoms with Crippen LogP contribution in [-0.2, 0) is 6.42 Å². The number of carbonyl (C=O) groups is 1. The number of hydrogen-bond donors (Lipinski definition) is 0. The van der Waals surface area contributed by atoms with E-state index in [0.29, 0.717) is 11.6 Å². The first kappa shape index (κ1) is 19.2. The van der Waals surface area contributed by atoms with E-state index >= 15 is 0 Å². The molecule has 1 aromatic carbocycles. The van der Waals surface area contributed by atoms with Crippen LogP contribution >= 0.6 is 11.3 Å². The van der Waals surface area contributed by atoms with E-state index in [1.54, 1.807) is 17.5 Å². The Morgan fingerprint density at radius 1 is 1.00 bits per heavy atom. The minimum atomic E-state index is 0.0432. The van der Waals surface area contributed by atoms with E-state index < -0.39 is 0 Å². The number of aromatic nitrogens is 2. The highest BCUT2D eigenvalue weighted by atomic mass is 32.1. The summed E-state index contributed by atoms with van der Waals surface area (Å²) >= 11 is 1.71. The summed E-state index contributed by atoms with van der Waals surface area (Å²) in [5.41, 5.74) is 2.95. The summed E-state index contributed by atoms with van der Waals surface area (Å²) in [5.74, 6) is 0.843. The Morgan fingerprint density at radius 2 is 1.83 bits per heavy atom.